The normalized spacial score (nSPS) is 11.4. The zero-order valence-corrected chi connectivity index (χ0v) is 14.6. The maximum absolute atomic E-state index is 12.4. The fraction of sp³-hybridized carbons (Fsp3) is 0.143. The summed E-state index contributed by atoms with van der Waals surface area (Å²) in [7, 11) is 1.63. The molecule has 0 unspecified atom stereocenters. The molecule has 2 amide bonds. The van der Waals surface area contributed by atoms with Crippen LogP contribution in [0.25, 0.3) is 0 Å². The number of ether oxygens (including phenoxy) is 1. The molecule has 0 aliphatic carbocycles. The molecule has 2 aromatic carbocycles. The SMILES string of the molecule is COc1ccc(CNC(=O)N[C@@H](c2ccccc2)c2ccncc2)cc1. The molecule has 1 heterocycles. The van der Waals surface area contributed by atoms with E-state index in [4.69, 9.17) is 4.74 Å². The lowest BCUT2D eigenvalue weighted by molar-refractivity contribution is 0.238. The standard InChI is InChI=1S/C21H21N3O2/c1-26-19-9-7-16(8-10-19)15-23-21(25)24-20(17-5-3-2-4-6-17)18-11-13-22-14-12-18/h2-14,20H,15H2,1H3,(H2,23,24,25)/t20-/m0/s1. The van der Waals surface area contributed by atoms with Gasteiger partial charge in [0.05, 0.1) is 13.2 Å². The highest BCUT2D eigenvalue weighted by Gasteiger charge is 2.16. The summed E-state index contributed by atoms with van der Waals surface area (Å²) >= 11 is 0. The molecular weight excluding hydrogens is 326 g/mol. The van der Waals surface area contributed by atoms with Crippen LogP contribution < -0.4 is 15.4 Å². The number of pyridine rings is 1. The molecule has 0 aliphatic rings. The van der Waals surface area contributed by atoms with Gasteiger partial charge in [0.15, 0.2) is 0 Å². The maximum atomic E-state index is 12.4. The van der Waals surface area contributed by atoms with E-state index >= 15 is 0 Å². The fourth-order valence-electron chi connectivity index (χ4n) is 2.67. The van der Waals surface area contributed by atoms with Crippen molar-refractivity contribution in [3.05, 3.63) is 95.8 Å². The van der Waals surface area contributed by atoms with E-state index in [9.17, 15) is 4.79 Å². The molecule has 2 N–H and O–H groups in total. The van der Waals surface area contributed by atoms with Crippen molar-refractivity contribution in [1.29, 1.82) is 0 Å². The van der Waals surface area contributed by atoms with Crippen molar-refractivity contribution in [3.8, 4) is 5.75 Å². The monoisotopic (exact) mass is 347 g/mol. The van der Waals surface area contributed by atoms with Crippen LogP contribution in [0.2, 0.25) is 0 Å². The summed E-state index contributed by atoms with van der Waals surface area (Å²) in [6.07, 6.45) is 3.45. The molecular formula is C21H21N3O2. The first kappa shape index (κ1) is 17.5. The van der Waals surface area contributed by atoms with Crippen molar-refractivity contribution in [2.24, 2.45) is 0 Å². The lowest BCUT2D eigenvalue weighted by Crippen LogP contribution is -2.38. The maximum Gasteiger partial charge on any atom is 0.315 e. The molecule has 0 spiro atoms. The van der Waals surface area contributed by atoms with Crippen LogP contribution in [0.4, 0.5) is 4.79 Å². The Hall–Kier alpha value is -3.34. The molecule has 1 aromatic heterocycles. The van der Waals surface area contributed by atoms with Gasteiger partial charge in [-0.1, -0.05) is 42.5 Å². The first-order valence-electron chi connectivity index (χ1n) is 8.38. The van der Waals surface area contributed by atoms with E-state index in [0.29, 0.717) is 6.54 Å². The Morgan fingerprint density at radius 3 is 2.27 bits per heavy atom. The predicted octanol–water partition coefficient (Wildman–Crippen LogP) is 3.68. The smallest absolute Gasteiger partial charge is 0.315 e. The summed E-state index contributed by atoms with van der Waals surface area (Å²) in [6, 6.07) is 20.8. The quantitative estimate of drug-likeness (QED) is 0.715. The first-order valence-corrected chi connectivity index (χ1v) is 8.38. The van der Waals surface area contributed by atoms with Crippen LogP contribution in [0.1, 0.15) is 22.7 Å². The van der Waals surface area contributed by atoms with Gasteiger partial charge in [-0.05, 0) is 41.0 Å². The Labute approximate surface area is 153 Å². The number of amides is 2. The van der Waals surface area contributed by atoms with Gasteiger partial charge >= 0.3 is 6.03 Å². The third kappa shape index (κ3) is 4.60. The highest BCUT2D eigenvalue weighted by Crippen LogP contribution is 2.21. The van der Waals surface area contributed by atoms with Gasteiger partial charge in [0, 0.05) is 18.9 Å². The highest BCUT2D eigenvalue weighted by atomic mass is 16.5. The third-order valence-electron chi connectivity index (χ3n) is 4.06. The van der Waals surface area contributed by atoms with E-state index in [2.05, 4.69) is 15.6 Å². The number of nitrogens with one attached hydrogen (secondary N) is 2. The summed E-state index contributed by atoms with van der Waals surface area (Å²) in [5.41, 5.74) is 2.99. The van der Waals surface area contributed by atoms with E-state index in [1.54, 1.807) is 19.5 Å². The third-order valence-corrected chi connectivity index (χ3v) is 4.06. The Kier molecular flexibility index (Phi) is 5.83. The Bertz CT molecular complexity index is 781. The van der Waals surface area contributed by atoms with Gasteiger partial charge in [-0.3, -0.25) is 4.98 Å². The van der Waals surface area contributed by atoms with Gasteiger partial charge in [0.25, 0.3) is 0 Å². The molecule has 5 heteroatoms. The topological polar surface area (TPSA) is 63.2 Å². The van der Waals surface area contributed by atoms with E-state index in [-0.39, 0.29) is 12.1 Å². The van der Waals surface area contributed by atoms with Crippen LogP contribution in [-0.2, 0) is 6.54 Å². The largest absolute Gasteiger partial charge is 0.497 e. The number of hydrogen-bond donors (Lipinski definition) is 2. The molecule has 0 saturated heterocycles. The lowest BCUT2D eigenvalue weighted by atomic mass is 10.00. The number of carbonyl (C=O) groups is 1. The van der Waals surface area contributed by atoms with E-state index < -0.39 is 0 Å². The van der Waals surface area contributed by atoms with Crippen LogP contribution in [0, 0.1) is 0 Å². The van der Waals surface area contributed by atoms with Crippen LogP contribution >= 0.6 is 0 Å². The van der Waals surface area contributed by atoms with Crippen molar-refractivity contribution in [2.45, 2.75) is 12.6 Å². The first-order chi connectivity index (χ1) is 12.8. The molecule has 0 fully saturated rings. The molecule has 0 bridgehead atoms. The summed E-state index contributed by atoms with van der Waals surface area (Å²) in [4.78, 5) is 16.5. The van der Waals surface area contributed by atoms with Crippen LogP contribution in [0.15, 0.2) is 79.1 Å². The molecule has 0 aliphatic heterocycles. The van der Waals surface area contributed by atoms with Crippen molar-refractivity contribution >= 4 is 6.03 Å². The summed E-state index contributed by atoms with van der Waals surface area (Å²) in [5.74, 6) is 0.792. The van der Waals surface area contributed by atoms with Crippen LogP contribution in [-0.4, -0.2) is 18.1 Å². The van der Waals surface area contributed by atoms with Gasteiger partial charge in [-0.15, -0.1) is 0 Å². The average molecular weight is 347 g/mol. The van der Waals surface area contributed by atoms with Crippen LogP contribution in [0.5, 0.6) is 5.75 Å². The number of hydrogen-bond acceptors (Lipinski definition) is 3. The zero-order valence-electron chi connectivity index (χ0n) is 14.6. The van der Waals surface area contributed by atoms with Crippen molar-refractivity contribution < 1.29 is 9.53 Å². The second kappa shape index (κ2) is 8.67. The Balaban J connectivity index is 1.67. The van der Waals surface area contributed by atoms with Gasteiger partial charge in [-0.2, -0.15) is 0 Å². The van der Waals surface area contributed by atoms with Crippen molar-refractivity contribution in [1.82, 2.24) is 15.6 Å². The van der Waals surface area contributed by atoms with Gasteiger partial charge in [-0.25, -0.2) is 4.79 Å². The van der Waals surface area contributed by atoms with Crippen LogP contribution in [0.3, 0.4) is 0 Å². The van der Waals surface area contributed by atoms with Gasteiger partial charge in [0.2, 0.25) is 0 Å². The van der Waals surface area contributed by atoms with E-state index in [1.165, 1.54) is 0 Å². The molecule has 5 nitrogen and oxygen atoms in total. The lowest BCUT2D eigenvalue weighted by Gasteiger charge is -2.20. The number of rotatable bonds is 6. The number of urea groups is 1. The molecule has 0 radical (unpaired) electrons. The second-order valence-electron chi connectivity index (χ2n) is 5.80. The van der Waals surface area contributed by atoms with Crippen molar-refractivity contribution in [3.63, 3.8) is 0 Å². The Morgan fingerprint density at radius 2 is 1.62 bits per heavy atom. The minimum atomic E-state index is -0.241. The Morgan fingerprint density at radius 1 is 0.962 bits per heavy atom. The number of benzene rings is 2. The number of nitrogens with zero attached hydrogens (tertiary/aromatic N) is 1. The second-order valence-corrected chi connectivity index (χ2v) is 5.80. The predicted molar refractivity (Wildman–Crippen MR) is 101 cm³/mol. The van der Waals surface area contributed by atoms with Gasteiger partial charge in [0.1, 0.15) is 5.75 Å². The molecule has 0 saturated carbocycles. The zero-order chi connectivity index (χ0) is 18.2. The summed E-state index contributed by atoms with van der Waals surface area (Å²) in [6.45, 7) is 0.438. The summed E-state index contributed by atoms with van der Waals surface area (Å²) < 4.78 is 5.14. The minimum absolute atomic E-state index is 0.230. The van der Waals surface area contributed by atoms with E-state index in [1.807, 2.05) is 66.7 Å². The highest BCUT2D eigenvalue weighted by molar-refractivity contribution is 5.75. The molecule has 132 valence electrons. The molecule has 3 aromatic rings. The van der Waals surface area contributed by atoms with E-state index in [0.717, 1.165) is 22.4 Å². The fourth-order valence-corrected chi connectivity index (χ4v) is 2.67. The minimum Gasteiger partial charge on any atom is -0.497 e. The molecule has 26 heavy (non-hydrogen) atoms. The average Bonchev–Trinajstić information content (AvgIpc) is 2.72. The number of carbonyl (C=O) groups excluding carboxylic acids is 1. The number of methoxy groups -OCH3 is 1. The molecule has 1 atom stereocenters. The summed E-state index contributed by atoms with van der Waals surface area (Å²) in [5, 5.41) is 5.94. The van der Waals surface area contributed by atoms with Crippen molar-refractivity contribution in [2.75, 3.05) is 7.11 Å². The van der Waals surface area contributed by atoms with Gasteiger partial charge < -0.3 is 15.4 Å². The number of aromatic nitrogens is 1. The molecule has 3 rings (SSSR count).